The number of rotatable bonds is 1. The molecule has 0 spiro atoms. The summed E-state index contributed by atoms with van der Waals surface area (Å²) >= 11 is 0. The predicted octanol–water partition coefficient (Wildman–Crippen LogP) is 1.23. The fourth-order valence-corrected chi connectivity index (χ4v) is 2.31. The van der Waals surface area contributed by atoms with Gasteiger partial charge < -0.3 is 4.74 Å². The summed E-state index contributed by atoms with van der Waals surface area (Å²) in [5, 5.41) is 9.49. The lowest BCUT2D eigenvalue weighted by molar-refractivity contribution is -0.0327. The summed E-state index contributed by atoms with van der Waals surface area (Å²) < 4.78 is 5.34. The average molecular weight is 233 g/mol. The standard InChI is InChI=1S/C12H11NO4/c1-6-8(12(2)5-17-12)4-3-7-9(6)11(15)13(16)10(7)14/h3-4,16H,5H2,1-2H3/t12-/m1/s1. The van der Waals surface area contributed by atoms with Gasteiger partial charge >= 0.3 is 0 Å². The normalized spacial score (nSPS) is 26.4. The summed E-state index contributed by atoms with van der Waals surface area (Å²) in [5.74, 6) is -1.32. The minimum Gasteiger partial charge on any atom is -0.365 e. The van der Waals surface area contributed by atoms with Gasteiger partial charge in [-0.1, -0.05) is 6.07 Å². The van der Waals surface area contributed by atoms with Gasteiger partial charge in [-0.15, -0.1) is 5.06 Å². The lowest BCUT2D eigenvalue weighted by Crippen LogP contribution is -2.25. The van der Waals surface area contributed by atoms with Crippen molar-refractivity contribution < 1.29 is 19.5 Å². The first-order chi connectivity index (χ1) is 7.96. The monoisotopic (exact) mass is 233 g/mol. The highest BCUT2D eigenvalue weighted by atomic mass is 16.6. The number of hydrogen-bond donors (Lipinski definition) is 1. The highest BCUT2D eigenvalue weighted by molar-refractivity contribution is 6.21. The molecule has 0 radical (unpaired) electrons. The summed E-state index contributed by atoms with van der Waals surface area (Å²) in [7, 11) is 0. The molecule has 2 amide bonds. The second-order valence-corrected chi connectivity index (χ2v) is 4.60. The molecule has 0 bridgehead atoms. The molecule has 1 aromatic rings. The molecular weight excluding hydrogens is 222 g/mol. The van der Waals surface area contributed by atoms with E-state index in [4.69, 9.17) is 4.74 Å². The minimum absolute atomic E-state index is 0.164. The van der Waals surface area contributed by atoms with Crippen LogP contribution in [0.5, 0.6) is 0 Å². The second-order valence-electron chi connectivity index (χ2n) is 4.60. The molecule has 5 nitrogen and oxygen atoms in total. The molecule has 0 unspecified atom stereocenters. The Labute approximate surface area is 97.6 Å². The van der Waals surface area contributed by atoms with Crippen LogP contribution in [0.3, 0.4) is 0 Å². The number of nitrogens with zero attached hydrogens (tertiary/aromatic N) is 1. The van der Waals surface area contributed by atoms with E-state index >= 15 is 0 Å². The Bertz CT molecular complexity index is 560. The Morgan fingerprint density at radius 3 is 2.59 bits per heavy atom. The minimum atomic E-state index is -0.665. The molecule has 88 valence electrons. The lowest BCUT2D eigenvalue weighted by Gasteiger charge is -2.11. The number of carbonyl (C=O) groups is 2. The molecule has 1 saturated heterocycles. The smallest absolute Gasteiger partial charge is 0.285 e. The molecule has 2 aliphatic rings. The number of hydrogen-bond acceptors (Lipinski definition) is 4. The second kappa shape index (κ2) is 2.94. The van der Waals surface area contributed by atoms with Gasteiger partial charge in [0.05, 0.1) is 17.7 Å². The molecule has 2 aliphatic heterocycles. The third-order valence-corrected chi connectivity index (χ3v) is 3.44. The third-order valence-electron chi connectivity index (χ3n) is 3.44. The van der Waals surface area contributed by atoms with Gasteiger partial charge in [-0.3, -0.25) is 14.8 Å². The molecule has 0 aromatic heterocycles. The number of epoxide rings is 1. The van der Waals surface area contributed by atoms with Gasteiger partial charge in [0, 0.05) is 0 Å². The Balaban J connectivity index is 2.23. The number of amides is 2. The number of imide groups is 1. The molecule has 0 aliphatic carbocycles. The number of ether oxygens (including phenoxy) is 1. The number of carbonyl (C=O) groups excluding carboxylic acids is 2. The molecule has 2 heterocycles. The summed E-state index contributed by atoms with van der Waals surface area (Å²) in [5.41, 5.74) is 1.78. The molecule has 5 heteroatoms. The van der Waals surface area contributed by atoms with Crippen LogP contribution in [-0.4, -0.2) is 28.7 Å². The Morgan fingerprint density at radius 2 is 2.00 bits per heavy atom. The van der Waals surface area contributed by atoms with E-state index in [1.54, 1.807) is 19.1 Å². The first kappa shape index (κ1) is 10.4. The van der Waals surface area contributed by atoms with Crippen LogP contribution in [0.4, 0.5) is 0 Å². The third kappa shape index (κ3) is 1.20. The zero-order valence-corrected chi connectivity index (χ0v) is 9.48. The quantitative estimate of drug-likeness (QED) is 0.450. The van der Waals surface area contributed by atoms with E-state index in [-0.39, 0.29) is 21.8 Å². The maximum atomic E-state index is 11.7. The highest BCUT2D eigenvalue weighted by Crippen LogP contribution is 2.42. The van der Waals surface area contributed by atoms with Crippen molar-refractivity contribution in [1.29, 1.82) is 0 Å². The first-order valence-electron chi connectivity index (χ1n) is 5.31. The van der Waals surface area contributed by atoms with Crippen molar-refractivity contribution in [3.8, 4) is 0 Å². The van der Waals surface area contributed by atoms with Crippen molar-refractivity contribution in [3.63, 3.8) is 0 Å². The molecule has 0 saturated carbocycles. The van der Waals surface area contributed by atoms with Gasteiger partial charge in [0.25, 0.3) is 11.8 Å². The number of hydroxylamine groups is 2. The number of benzene rings is 1. The topological polar surface area (TPSA) is 70.1 Å². The molecule has 3 rings (SSSR count). The summed E-state index contributed by atoms with van der Waals surface area (Å²) in [6, 6.07) is 3.35. The van der Waals surface area contributed by atoms with Crippen LogP contribution in [0, 0.1) is 6.92 Å². The fourth-order valence-electron chi connectivity index (χ4n) is 2.31. The van der Waals surface area contributed by atoms with Crippen molar-refractivity contribution >= 4 is 11.8 Å². The van der Waals surface area contributed by atoms with Gasteiger partial charge in [-0.05, 0) is 31.0 Å². The molecule has 1 fully saturated rings. The first-order valence-corrected chi connectivity index (χ1v) is 5.31. The summed E-state index contributed by atoms with van der Waals surface area (Å²) in [6.07, 6.45) is 0. The Kier molecular flexibility index (Phi) is 1.80. The largest absolute Gasteiger partial charge is 0.365 e. The van der Waals surface area contributed by atoms with E-state index in [1.165, 1.54) is 0 Å². The van der Waals surface area contributed by atoms with Gasteiger partial charge in [0.1, 0.15) is 5.60 Å². The predicted molar refractivity (Wildman–Crippen MR) is 56.8 cm³/mol. The van der Waals surface area contributed by atoms with Crippen LogP contribution in [0.25, 0.3) is 0 Å². The maximum Gasteiger partial charge on any atom is 0.285 e. The zero-order chi connectivity index (χ0) is 12.4. The zero-order valence-electron chi connectivity index (χ0n) is 9.48. The number of fused-ring (bicyclic) bond motifs is 1. The Hall–Kier alpha value is -1.72. The van der Waals surface area contributed by atoms with E-state index in [0.29, 0.717) is 12.2 Å². The SMILES string of the molecule is Cc1c([C@@]2(C)CO2)ccc2c1C(=O)N(O)C2=O. The molecule has 1 N–H and O–H groups in total. The van der Waals surface area contributed by atoms with Crippen LogP contribution in [0.15, 0.2) is 12.1 Å². The van der Waals surface area contributed by atoms with E-state index < -0.39 is 11.8 Å². The van der Waals surface area contributed by atoms with Crippen molar-refractivity contribution in [1.82, 2.24) is 5.06 Å². The van der Waals surface area contributed by atoms with Gasteiger partial charge in [0.2, 0.25) is 0 Å². The van der Waals surface area contributed by atoms with Crippen molar-refractivity contribution in [3.05, 3.63) is 34.4 Å². The van der Waals surface area contributed by atoms with Crippen molar-refractivity contribution in [2.75, 3.05) is 6.61 Å². The molecule has 1 aromatic carbocycles. The highest BCUT2D eigenvalue weighted by Gasteiger charge is 2.45. The van der Waals surface area contributed by atoms with Gasteiger partial charge in [0.15, 0.2) is 0 Å². The van der Waals surface area contributed by atoms with E-state index in [2.05, 4.69) is 0 Å². The molecule has 17 heavy (non-hydrogen) atoms. The maximum absolute atomic E-state index is 11.7. The van der Waals surface area contributed by atoms with E-state index in [1.807, 2.05) is 6.92 Å². The Morgan fingerprint density at radius 1 is 1.35 bits per heavy atom. The van der Waals surface area contributed by atoms with Gasteiger partial charge in [-0.2, -0.15) is 0 Å². The van der Waals surface area contributed by atoms with Gasteiger partial charge in [-0.25, -0.2) is 0 Å². The van der Waals surface area contributed by atoms with Crippen LogP contribution in [-0.2, 0) is 10.3 Å². The molecular formula is C12H11NO4. The van der Waals surface area contributed by atoms with Crippen LogP contribution in [0.2, 0.25) is 0 Å². The van der Waals surface area contributed by atoms with E-state index in [0.717, 1.165) is 5.56 Å². The average Bonchev–Trinajstić information content (AvgIpc) is 3.00. The summed E-state index contributed by atoms with van der Waals surface area (Å²) in [4.78, 5) is 23.3. The van der Waals surface area contributed by atoms with Crippen LogP contribution >= 0.6 is 0 Å². The van der Waals surface area contributed by atoms with Crippen LogP contribution in [0.1, 0.15) is 38.8 Å². The molecule has 1 atom stereocenters. The fraction of sp³-hybridized carbons (Fsp3) is 0.333. The lowest BCUT2D eigenvalue weighted by atomic mass is 9.91. The van der Waals surface area contributed by atoms with Crippen LogP contribution < -0.4 is 0 Å². The van der Waals surface area contributed by atoms with E-state index in [9.17, 15) is 14.8 Å². The van der Waals surface area contributed by atoms with Crippen molar-refractivity contribution in [2.24, 2.45) is 0 Å². The van der Waals surface area contributed by atoms with Crippen molar-refractivity contribution in [2.45, 2.75) is 19.4 Å². The summed E-state index contributed by atoms with van der Waals surface area (Å²) in [6.45, 7) is 4.31.